The summed E-state index contributed by atoms with van der Waals surface area (Å²) in [6.07, 6.45) is 0. The summed E-state index contributed by atoms with van der Waals surface area (Å²) in [6.45, 7) is 6.64. The second-order valence-electron chi connectivity index (χ2n) is 6.73. The second-order valence-corrected chi connectivity index (χ2v) is 7.17. The van der Waals surface area contributed by atoms with Crippen LogP contribution in [0.5, 0.6) is 5.75 Å². The molecule has 7 heteroatoms. The van der Waals surface area contributed by atoms with E-state index in [4.69, 9.17) is 20.9 Å². The molecule has 0 aliphatic rings. The van der Waals surface area contributed by atoms with Gasteiger partial charge in [0, 0.05) is 17.8 Å². The number of benzene rings is 1. The number of ether oxygens (including phenoxy) is 1. The highest BCUT2D eigenvalue weighted by Crippen LogP contribution is 2.26. The van der Waals surface area contributed by atoms with Gasteiger partial charge in [-0.2, -0.15) is 0 Å². The number of pyridine rings is 1. The number of carbonyl (C=O) groups is 1. The number of aryl methyl sites for hydroxylation is 1. The van der Waals surface area contributed by atoms with E-state index in [0.29, 0.717) is 46.3 Å². The molecule has 0 aliphatic heterocycles. The predicted octanol–water partition coefficient (Wildman–Crippen LogP) is 4.46. The maximum absolute atomic E-state index is 13.0. The van der Waals surface area contributed by atoms with Crippen molar-refractivity contribution in [1.29, 1.82) is 0 Å². The number of hydrogen-bond acceptors (Lipinski definition) is 5. The molecule has 27 heavy (non-hydrogen) atoms. The highest BCUT2D eigenvalue weighted by molar-refractivity contribution is 6.30. The van der Waals surface area contributed by atoms with E-state index in [9.17, 15) is 4.79 Å². The molecule has 0 unspecified atom stereocenters. The molecule has 6 nitrogen and oxygen atoms in total. The molecule has 3 aromatic rings. The first kappa shape index (κ1) is 19.2. The van der Waals surface area contributed by atoms with Crippen molar-refractivity contribution in [3.63, 3.8) is 0 Å². The normalized spacial score (nSPS) is 11.2. The lowest BCUT2D eigenvalue weighted by atomic mass is 10.0. The molecule has 3 rings (SSSR count). The van der Waals surface area contributed by atoms with Gasteiger partial charge in [-0.05, 0) is 37.1 Å². The molecule has 0 atom stereocenters. The summed E-state index contributed by atoms with van der Waals surface area (Å²) in [5, 5.41) is 5.23. The van der Waals surface area contributed by atoms with Crippen LogP contribution in [-0.2, 0) is 0 Å². The van der Waals surface area contributed by atoms with Crippen LogP contribution >= 0.6 is 11.6 Å². The number of carbonyl (C=O) groups excluding carboxylic acids is 1. The zero-order valence-electron chi connectivity index (χ0n) is 15.8. The Morgan fingerprint density at radius 3 is 2.81 bits per heavy atom. The fraction of sp³-hybridized carbons (Fsp3) is 0.350. The molecule has 1 amide bonds. The smallest absolute Gasteiger partial charge is 0.259 e. The van der Waals surface area contributed by atoms with Crippen molar-refractivity contribution in [3.05, 3.63) is 52.3 Å². The minimum Gasteiger partial charge on any atom is -0.492 e. The van der Waals surface area contributed by atoms with Crippen LogP contribution < -0.4 is 4.74 Å². The summed E-state index contributed by atoms with van der Waals surface area (Å²) in [4.78, 5) is 19.1. The van der Waals surface area contributed by atoms with Gasteiger partial charge in [0.2, 0.25) is 0 Å². The largest absolute Gasteiger partial charge is 0.492 e. The quantitative estimate of drug-likeness (QED) is 0.624. The van der Waals surface area contributed by atoms with E-state index in [1.54, 1.807) is 24.1 Å². The number of hydrogen-bond donors (Lipinski definition) is 0. The van der Waals surface area contributed by atoms with Crippen LogP contribution in [-0.4, -0.2) is 41.1 Å². The number of nitrogens with zero attached hydrogens (tertiary/aromatic N) is 3. The van der Waals surface area contributed by atoms with Crippen LogP contribution in [0, 0.1) is 6.92 Å². The van der Waals surface area contributed by atoms with Crippen LogP contribution in [0.3, 0.4) is 0 Å². The monoisotopic (exact) mass is 387 g/mol. The Hall–Kier alpha value is -2.60. The number of aromatic nitrogens is 2. The van der Waals surface area contributed by atoms with E-state index in [-0.39, 0.29) is 11.8 Å². The number of amides is 1. The molecular weight excluding hydrogens is 366 g/mol. The minimum atomic E-state index is -0.120. The lowest BCUT2D eigenvalue weighted by Gasteiger charge is -2.19. The maximum atomic E-state index is 13.0. The van der Waals surface area contributed by atoms with E-state index in [2.05, 4.69) is 10.1 Å². The molecule has 2 aromatic heterocycles. The van der Waals surface area contributed by atoms with Gasteiger partial charge in [-0.3, -0.25) is 4.79 Å². The first-order valence-corrected chi connectivity index (χ1v) is 9.15. The van der Waals surface area contributed by atoms with Gasteiger partial charge >= 0.3 is 0 Å². The van der Waals surface area contributed by atoms with Crippen molar-refractivity contribution in [2.45, 2.75) is 26.7 Å². The van der Waals surface area contributed by atoms with Gasteiger partial charge in [-0.1, -0.05) is 36.7 Å². The van der Waals surface area contributed by atoms with Crippen LogP contribution in [0.25, 0.3) is 11.1 Å². The second kappa shape index (κ2) is 7.96. The van der Waals surface area contributed by atoms with Crippen molar-refractivity contribution in [2.75, 3.05) is 20.2 Å². The molecule has 0 radical (unpaired) electrons. The maximum Gasteiger partial charge on any atom is 0.259 e. The van der Waals surface area contributed by atoms with Gasteiger partial charge in [-0.15, -0.1) is 0 Å². The van der Waals surface area contributed by atoms with Gasteiger partial charge in [0.15, 0.2) is 0 Å². The molecule has 0 fully saturated rings. The van der Waals surface area contributed by atoms with Gasteiger partial charge in [0.1, 0.15) is 12.4 Å². The van der Waals surface area contributed by atoms with Crippen molar-refractivity contribution in [2.24, 2.45) is 0 Å². The third kappa shape index (κ3) is 4.22. The first-order chi connectivity index (χ1) is 12.9. The zero-order chi connectivity index (χ0) is 19.6. The molecule has 0 spiro atoms. The van der Waals surface area contributed by atoms with Crippen LogP contribution in [0.4, 0.5) is 0 Å². The lowest BCUT2D eigenvalue weighted by Crippen LogP contribution is -2.31. The molecule has 0 bridgehead atoms. The van der Waals surface area contributed by atoms with Crippen molar-refractivity contribution < 1.29 is 14.1 Å². The number of halogens is 1. The summed E-state index contributed by atoms with van der Waals surface area (Å²) in [7, 11) is 1.74. The van der Waals surface area contributed by atoms with E-state index >= 15 is 0 Å². The van der Waals surface area contributed by atoms with Crippen LogP contribution in [0.1, 0.15) is 41.5 Å². The average molecular weight is 388 g/mol. The van der Waals surface area contributed by atoms with Gasteiger partial charge in [0.25, 0.3) is 11.6 Å². The Labute approximate surface area is 163 Å². The summed E-state index contributed by atoms with van der Waals surface area (Å²) >= 11 is 5.95. The molecular formula is C20H22ClN3O3. The molecule has 0 saturated carbocycles. The fourth-order valence-corrected chi connectivity index (χ4v) is 2.92. The van der Waals surface area contributed by atoms with Gasteiger partial charge in [0.05, 0.1) is 23.2 Å². The van der Waals surface area contributed by atoms with Crippen LogP contribution in [0.2, 0.25) is 5.02 Å². The SMILES string of the molecule is Cc1noc2nc(C(C)C)cc(C(=O)N(C)CCOc3cccc(Cl)c3)c12. The first-order valence-electron chi connectivity index (χ1n) is 8.77. The van der Waals surface area contributed by atoms with Crippen LogP contribution in [0.15, 0.2) is 34.9 Å². The van der Waals surface area contributed by atoms with E-state index in [1.165, 1.54) is 0 Å². The number of rotatable bonds is 6. The minimum absolute atomic E-state index is 0.120. The van der Waals surface area contributed by atoms with E-state index in [1.807, 2.05) is 39.0 Å². The standard InChI is InChI=1S/C20H22ClN3O3/c1-12(2)17-11-16(18-13(3)23-27-19(18)22-17)20(25)24(4)8-9-26-15-7-5-6-14(21)10-15/h5-7,10-12H,8-9H2,1-4H3. The third-order valence-corrected chi connectivity index (χ3v) is 4.53. The predicted molar refractivity (Wildman–Crippen MR) is 105 cm³/mol. The molecule has 142 valence electrons. The topological polar surface area (TPSA) is 68.5 Å². The van der Waals surface area contributed by atoms with E-state index in [0.717, 1.165) is 5.69 Å². The third-order valence-electron chi connectivity index (χ3n) is 4.30. The molecule has 1 aromatic carbocycles. The Bertz CT molecular complexity index is 968. The highest BCUT2D eigenvalue weighted by Gasteiger charge is 2.22. The summed E-state index contributed by atoms with van der Waals surface area (Å²) in [5.74, 6) is 0.722. The van der Waals surface area contributed by atoms with Gasteiger partial charge < -0.3 is 14.2 Å². The van der Waals surface area contributed by atoms with Gasteiger partial charge in [-0.25, -0.2) is 4.98 Å². The molecule has 2 heterocycles. The Morgan fingerprint density at radius 1 is 1.33 bits per heavy atom. The summed E-state index contributed by atoms with van der Waals surface area (Å²) < 4.78 is 11.0. The van der Waals surface area contributed by atoms with E-state index < -0.39 is 0 Å². The molecule has 0 saturated heterocycles. The van der Waals surface area contributed by atoms with Crippen molar-refractivity contribution in [1.82, 2.24) is 15.0 Å². The lowest BCUT2D eigenvalue weighted by molar-refractivity contribution is 0.0775. The number of fused-ring (bicyclic) bond motifs is 1. The Kier molecular flexibility index (Phi) is 5.65. The number of likely N-dealkylation sites (N-methyl/N-ethyl adjacent to an activating group) is 1. The Balaban J connectivity index is 1.77. The van der Waals surface area contributed by atoms with Crippen molar-refractivity contribution in [3.8, 4) is 5.75 Å². The summed E-state index contributed by atoms with van der Waals surface area (Å²) in [5.41, 5.74) is 2.39. The average Bonchev–Trinajstić information content (AvgIpc) is 3.01. The molecule has 0 aliphatic carbocycles. The molecule has 0 N–H and O–H groups in total. The van der Waals surface area contributed by atoms with Crippen molar-refractivity contribution >= 4 is 28.6 Å². The Morgan fingerprint density at radius 2 is 2.11 bits per heavy atom. The zero-order valence-corrected chi connectivity index (χ0v) is 16.6. The fourth-order valence-electron chi connectivity index (χ4n) is 2.74. The highest BCUT2D eigenvalue weighted by atomic mass is 35.5. The summed E-state index contributed by atoms with van der Waals surface area (Å²) in [6, 6.07) is 9.00.